The maximum atomic E-state index is 12.6. The van der Waals surface area contributed by atoms with Crippen LogP contribution in [0.1, 0.15) is 54.8 Å². The Labute approximate surface area is 141 Å². The maximum Gasteiger partial charge on any atom is 0.229 e. The SMILES string of the molecule is O=S(=O)(Cc1ccccc1)N1CCC(c2noc(C3CC3)n2)CC1. The number of hydrogen-bond donors (Lipinski definition) is 0. The van der Waals surface area contributed by atoms with E-state index >= 15 is 0 Å². The number of rotatable bonds is 5. The monoisotopic (exact) mass is 347 g/mol. The minimum absolute atomic E-state index is 0.0620. The second-order valence-corrected chi connectivity index (χ2v) is 8.65. The van der Waals surface area contributed by atoms with Crippen LogP contribution < -0.4 is 0 Å². The highest BCUT2D eigenvalue weighted by Crippen LogP contribution is 2.39. The lowest BCUT2D eigenvalue weighted by Crippen LogP contribution is -2.38. The number of piperidine rings is 1. The number of nitrogens with zero attached hydrogens (tertiary/aromatic N) is 3. The van der Waals surface area contributed by atoms with Crippen LogP contribution in [0.5, 0.6) is 0 Å². The Morgan fingerprint density at radius 2 is 1.75 bits per heavy atom. The summed E-state index contributed by atoms with van der Waals surface area (Å²) in [4.78, 5) is 4.51. The number of benzene rings is 1. The van der Waals surface area contributed by atoms with Crippen LogP contribution in [0.4, 0.5) is 0 Å². The van der Waals surface area contributed by atoms with E-state index in [0.717, 1.165) is 43.0 Å². The minimum Gasteiger partial charge on any atom is -0.339 e. The van der Waals surface area contributed by atoms with Gasteiger partial charge in [-0.05, 0) is 31.2 Å². The van der Waals surface area contributed by atoms with E-state index in [0.29, 0.717) is 19.0 Å². The fourth-order valence-electron chi connectivity index (χ4n) is 3.18. The molecule has 1 saturated carbocycles. The van der Waals surface area contributed by atoms with E-state index in [-0.39, 0.29) is 11.7 Å². The second kappa shape index (κ2) is 6.29. The third kappa shape index (κ3) is 3.37. The normalized spacial score (nSPS) is 20.3. The van der Waals surface area contributed by atoms with Crippen molar-refractivity contribution in [1.29, 1.82) is 0 Å². The summed E-state index contributed by atoms with van der Waals surface area (Å²) in [6.07, 6.45) is 3.77. The van der Waals surface area contributed by atoms with Crippen molar-refractivity contribution in [3.63, 3.8) is 0 Å². The summed E-state index contributed by atoms with van der Waals surface area (Å²) in [5, 5.41) is 4.10. The van der Waals surface area contributed by atoms with Gasteiger partial charge in [0, 0.05) is 24.9 Å². The van der Waals surface area contributed by atoms with Gasteiger partial charge in [-0.3, -0.25) is 0 Å². The quantitative estimate of drug-likeness (QED) is 0.831. The number of aromatic nitrogens is 2. The number of hydrogen-bond acceptors (Lipinski definition) is 5. The highest BCUT2D eigenvalue weighted by Gasteiger charge is 2.33. The minimum atomic E-state index is -3.27. The zero-order valence-corrected chi connectivity index (χ0v) is 14.3. The van der Waals surface area contributed by atoms with Crippen LogP contribution in [0.2, 0.25) is 0 Å². The lowest BCUT2D eigenvalue weighted by molar-refractivity contribution is 0.304. The van der Waals surface area contributed by atoms with Gasteiger partial charge in [0.15, 0.2) is 5.82 Å². The van der Waals surface area contributed by atoms with Crippen molar-refractivity contribution in [2.45, 2.75) is 43.3 Å². The van der Waals surface area contributed by atoms with Crippen LogP contribution in [0.3, 0.4) is 0 Å². The molecule has 7 heteroatoms. The van der Waals surface area contributed by atoms with Crippen molar-refractivity contribution in [2.24, 2.45) is 0 Å². The lowest BCUT2D eigenvalue weighted by atomic mass is 9.97. The predicted octanol–water partition coefficient (Wildman–Crippen LogP) is 2.66. The van der Waals surface area contributed by atoms with E-state index in [1.807, 2.05) is 30.3 Å². The first kappa shape index (κ1) is 15.8. The van der Waals surface area contributed by atoms with Gasteiger partial charge in [0.25, 0.3) is 0 Å². The zero-order chi connectivity index (χ0) is 16.6. The second-order valence-electron chi connectivity index (χ2n) is 6.68. The smallest absolute Gasteiger partial charge is 0.229 e. The molecule has 0 amide bonds. The Bertz CT molecular complexity index is 791. The molecule has 1 aliphatic carbocycles. The van der Waals surface area contributed by atoms with Crippen molar-refractivity contribution >= 4 is 10.0 Å². The molecular weight excluding hydrogens is 326 g/mol. The van der Waals surface area contributed by atoms with E-state index in [1.54, 1.807) is 4.31 Å². The van der Waals surface area contributed by atoms with E-state index in [4.69, 9.17) is 4.52 Å². The molecule has 0 atom stereocenters. The zero-order valence-electron chi connectivity index (χ0n) is 13.5. The molecule has 0 bridgehead atoms. The molecule has 24 heavy (non-hydrogen) atoms. The fourth-order valence-corrected chi connectivity index (χ4v) is 4.74. The van der Waals surface area contributed by atoms with Crippen LogP contribution >= 0.6 is 0 Å². The average molecular weight is 347 g/mol. The summed E-state index contributed by atoms with van der Waals surface area (Å²) < 4.78 is 32.1. The van der Waals surface area contributed by atoms with Crippen LogP contribution in [0.25, 0.3) is 0 Å². The van der Waals surface area contributed by atoms with Gasteiger partial charge in [-0.25, -0.2) is 12.7 Å². The Morgan fingerprint density at radius 3 is 2.42 bits per heavy atom. The number of sulfonamides is 1. The largest absolute Gasteiger partial charge is 0.339 e. The Balaban J connectivity index is 1.38. The first-order chi connectivity index (χ1) is 11.6. The molecule has 4 rings (SSSR count). The molecular formula is C17H21N3O3S. The lowest BCUT2D eigenvalue weighted by Gasteiger charge is -2.29. The Kier molecular flexibility index (Phi) is 4.14. The summed E-state index contributed by atoms with van der Waals surface area (Å²) in [5.74, 6) is 2.22. The van der Waals surface area contributed by atoms with Gasteiger partial charge in [-0.2, -0.15) is 4.98 Å². The predicted molar refractivity (Wildman–Crippen MR) is 88.9 cm³/mol. The summed E-state index contributed by atoms with van der Waals surface area (Å²) in [6, 6.07) is 9.32. The van der Waals surface area contributed by atoms with E-state index in [9.17, 15) is 8.42 Å². The summed E-state index contributed by atoms with van der Waals surface area (Å²) in [5.41, 5.74) is 0.826. The molecule has 1 aliphatic heterocycles. The molecule has 1 aromatic carbocycles. The average Bonchev–Trinajstić information content (AvgIpc) is 3.33. The van der Waals surface area contributed by atoms with Crippen LogP contribution in [-0.4, -0.2) is 36.0 Å². The maximum absolute atomic E-state index is 12.6. The third-order valence-electron chi connectivity index (χ3n) is 4.79. The van der Waals surface area contributed by atoms with E-state index < -0.39 is 10.0 Å². The highest BCUT2D eigenvalue weighted by molar-refractivity contribution is 7.88. The van der Waals surface area contributed by atoms with Gasteiger partial charge in [0.05, 0.1) is 5.75 Å². The van der Waals surface area contributed by atoms with Crippen molar-refractivity contribution in [3.8, 4) is 0 Å². The molecule has 0 unspecified atom stereocenters. The van der Waals surface area contributed by atoms with E-state index in [2.05, 4.69) is 10.1 Å². The van der Waals surface area contributed by atoms with Gasteiger partial charge in [-0.1, -0.05) is 35.5 Å². The van der Waals surface area contributed by atoms with Crippen molar-refractivity contribution < 1.29 is 12.9 Å². The molecule has 128 valence electrons. The van der Waals surface area contributed by atoms with Gasteiger partial charge in [-0.15, -0.1) is 0 Å². The molecule has 2 heterocycles. The standard InChI is InChI=1S/C17H21N3O3S/c21-24(22,12-13-4-2-1-3-5-13)20-10-8-14(9-11-20)16-18-17(23-19-16)15-6-7-15/h1-5,14-15H,6-12H2. The van der Waals surface area contributed by atoms with Crippen molar-refractivity contribution in [3.05, 3.63) is 47.6 Å². The Hall–Kier alpha value is -1.73. The molecule has 0 radical (unpaired) electrons. The molecule has 0 N–H and O–H groups in total. The fraction of sp³-hybridized carbons (Fsp3) is 0.529. The molecule has 0 spiro atoms. The summed E-state index contributed by atoms with van der Waals surface area (Å²) in [6.45, 7) is 1.04. The molecule has 2 aliphatic rings. The van der Waals surface area contributed by atoms with Gasteiger partial charge in [0.1, 0.15) is 0 Å². The highest BCUT2D eigenvalue weighted by atomic mass is 32.2. The first-order valence-electron chi connectivity index (χ1n) is 8.47. The van der Waals surface area contributed by atoms with Crippen molar-refractivity contribution in [2.75, 3.05) is 13.1 Å². The molecule has 1 saturated heterocycles. The van der Waals surface area contributed by atoms with Crippen molar-refractivity contribution in [1.82, 2.24) is 14.4 Å². The summed E-state index contributed by atoms with van der Waals surface area (Å²) in [7, 11) is -3.27. The molecule has 2 aromatic rings. The Morgan fingerprint density at radius 1 is 1.04 bits per heavy atom. The van der Waals surface area contributed by atoms with Gasteiger partial charge >= 0.3 is 0 Å². The van der Waals surface area contributed by atoms with Gasteiger partial charge < -0.3 is 4.52 Å². The molecule has 1 aromatic heterocycles. The van der Waals surface area contributed by atoms with Gasteiger partial charge in [0.2, 0.25) is 15.9 Å². The topological polar surface area (TPSA) is 76.3 Å². The third-order valence-corrected chi connectivity index (χ3v) is 6.64. The van der Waals surface area contributed by atoms with Crippen LogP contribution in [0, 0.1) is 0 Å². The first-order valence-corrected chi connectivity index (χ1v) is 10.1. The molecule has 6 nitrogen and oxygen atoms in total. The van der Waals surface area contributed by atoms with E-state index in [1.165, 1.54) is 0 Å². The van der Waals surface area contributed by atoms with Crippen LogP contribution in [-0.2, 0) is 15.8 Å². The summed E-state index contributed by atoms with van der Waals surface area (Å²) >= 11 is 0. The van der Waals surface area contributed by atoms with Crippen LogP contribution in [0.15, 0.2) is 34.9 Å². The molecule has 2 fully saturated rings.